The molecule has 0 radical (unpaired) electrons. The monoisotopic (exact) mass is 280 g/mol. The molecule has 2 aromatic rings. The number of nitro benzene ring substituents is 1. The molecule has 0 aliphatic carbocycles. The molecule has 0 saturated carbocycles. The van der Waals surface area contributed by atoms with Gasteiger partial charge in [-0.25, -0.2) is 4.39 Å². The summed E-state index contributed by atoms with van der Waals surface area (Å²) in [7, 11) is 1.84. The first-order valence-electron chi connectivity index (χ1n) is 6.03. The Morgan fingerprint density at radius 1 is 1.45 bits per heavy atom. The summed E-state index contributed by atoms with van der Waals surface area (Å²) in [6.45, 7) is 0.809. The van der Waals surface area contributed by atoms with Gasteiger partial charge in [-0.2, -0.15) is 0 Å². The number of benzene rings is 1. The molecule has 0 unspecified atom stereocenters. The molecule has 0 amide bonds. The number of rotatable bonds is 6. The van der Waals surface area contributed by atoms with Gasteiger partial charge in [-0.15, -0.1) is 10.2 Å². The molecule has 7 nitrogen and oxygen atoms in total. The normalized spacial score (nSPS) is 10.7. The van der Waals surface area contributed by atoms with Crippen LogP contribution in [-0.2, 0) is 6.42 Å². The summed E-state index contributed by atoms with van der Waals surface area (Å²) in [6, 6.07) is 3.29. The number of aromatic nitrogens is 2. The number of hydrogen-bond acceptors (Lipinski definition) is 6. The number of nitrogens with one attached hydrogen (secondary N) is 1. The lowest BCUT2D eigenvalue weighted by Crippen LogP contribution is -2.08. The van der Waals surface area contributed by atoms with Crippen LogP contribution in [-0.4, -0.2) is 28.7 Å². The second-order valence-electron chi connectivity index (χ2n) is 4.13. The van der Waals surface area contributed by atoms with Gasteiger partial charge in [0.05, 0.1) is 16.6 Å². The third-order valence-electron chi connectivity index (χ3n) is 2.68. The van der Waals surface area contributed by atoms with Gasteiger partial charge in [0.25, 0.3) is 11.6 Å². The third kappa shape index (κ3) is 3.15. The van der Waals surface area contributed by atoms with Crippen molar-refractivity contribution in [2.75, 3.05) is 13.6 Å². The average Bonchev–Trinajstić information content (AvgIpc) is 2.87. The first kappa shape index (κ1) is 14.1. The minimum Gasteiger partial charge on any atom is -0.421 e. The summed E-state index contributed by atoms with van der Waals surface area (Å²) >= 11 is 0. The van der Waals surface area contributed by atoms with Gasteiger partial charge < -0.3 is 9.73 Å². The second-order valence-corrected chi connectivity index (χ2v) is 4.13. The van der Waals surface area contributed by atoms with Crippen molar-refractivity contribution in [3.63, 3.8) is 0 Å². The van der Waals surface area contributed by atoms with Gasteiger partial charge in [0, 0.05) is 12.5 Å². The van der Waals surface area contributed by atoms with Crippen molar-refractivity contribution in [2.45, 2.75) is 12.8 Å². The molecule has 0 bridgehead atoms. The highest BCUT2D eigenvalue weighted by Crippen LogP contribution is 2.25. The Morgan fingerprint density at radius 3 is 2.90 bits per heavy atom. The predicted octanol–water partition coefficient (Wildman–Crippen LogP) is 1.94. The summed E-state index contributed by atoms with van der Waals surface area (Å²) in [5.74, 6) is -0.325. The SMILES string of the molecule is CNCCCc1nnc(-c2ccc([N+](=O)[O-])cc2F)o1. The fraction of sp³-hybridized carbons (Fsp3) is 0.333. The highest BCUT2D eigenvalue weighted by Gasteiger charge is 2.16. The molecule has 8 heteroatoms. The van der Waals surface area contributed by atoms with Crippen molar-refractivity contribution < 1.29 is 13.7 Å². The molecular formula is C12H13FN4O3. The second kappa shape index (κ2) is 6.20. The molecular weight excluding hydrogens is 267 g/mol. The Hall–Kier alpha value is -2.35. The minimum absolute atomic E-state index is 0.0249. The maximum atomic E-state index is 13.8. The Bertz CT molecular complexity index is 614. The van der Waals surface area contributed by atoms with Crippen molar-refractivity contribution in [1.29, 1.82) is 0 Å². The minimum atomic E-state index is -0.760. The summed E-state index contributed by atoms with van der Waals surface area (Å²) in [5, 5.41) is 21.1. The Kier molecular flexibility index (Phi) is 4.36. The van der Waals surface area contributed by atoms with E-state index in [1.54, 1.807) is 0 Å². The highest BCUT2D eigenvalue weighted by atomic mass is 19.1. The molecule has 0 atom stereocenters. The van der Waals surface area contributed by atoms with Crippen molar-refractivity contribution in [3.05, 3.63) is 40.0 Å². The van der Waals surface area contributed by atoms with Crippen LogP contribution in [0.15, 0.2) is 22.6 Å². The number of halogens is 1. The van der Waals surface area contributed by atoms with Crippen molar-refractivity contribution in [1.82, 2.24) is 15.5 Å². The maximum absolute atomic E-state index is 13.8. The van der Waals surface area contributed by atoms with E-state index in [1.807, 2.05) is 7.05 Å². The van der Waals surface area contributed by atoms with Gasteiger partial charge in [-0.05, 0) is 26.1 Å². The number of non-ortho nitro benzene ring substituents is 1. The zero-order valence-corrected chi connectivity index (χ0v) is 10.8. The predicted molar refractivity (Wildman–Crippen MR) is 68.6 cm³/mol. The first-order valence-corrected chi connectivity index (χ1v) is 6.03. The van der Waals surface area contributed by atoms with Gasteiger partial charge in [-0.3, -0.25) is 10.1 Å². The fourth-order valence-corrected chi connectivity index (χ4v) is 1.67. The molecule has 106 valence electrons. The quantitative estimate of drug-likeness (QED) is 0.493. The maximum Gasteiger partial charge on any atom is 0.272 e. The van der Waals surface area contributed by atoms with Crippen LogP contribution in [0.4, 0.5) is 10.1 Å². The molecule has 0 aliphatic heterocycles. The van der Waals surface area contributed by atoms with Crippen LogP contribution in [0.25, 0.3) is 11.5 Å². The Labute approximate surface area is 114 Å². The van der Waals surface area contributed by atoms with E-state index in [4.69, 9.17) is 4.42 Å². The van der Waals surface area contributed by atoms with Crippen LogP contribution in [0.2, 0.25) is 0 Å². The topological polar surface area (TPSA) is 94.1 Å². The van der Waals surface area contributed by atoms with E-state index in [0.717, 1.165) is 19.0 Å². The highest BCUT2D eigenvalue weighted by molar-refractivity contribution is 5.56. The van der Waals surface area contributed by atoms with Crippen molar-refractivity contribution in [2.24, 2.45) is 0 Å². The van der Waals surface area contributed by atoms with E-state index in [-0.39, 0.29) is 17.1 Å². The van der Waals surface area contributed by atoms with E-state index >= 15 is 0 Å². The Morgan fingerprint density at radius 2 is 2.25 bits per heavy atom. The number of aryl methyl sites for hydroxylation is 1. The Balaban J connectivity index is 2.17. The van der Waals surface area contributed by atoms with E-state index in [9.17, 15) is 14.5 Å². The van der Waals surface area contributed by atoms with Crippen LogP contribution in [0.3, 0.4) is 0 Å². The van der Waals surface area contributed by atoms with Crippen LogP contribution in [0.5, 0.6) is 0 Å². The molecule has 0 spiro atoms. The number of hydrogen-bond donors (Lipinski definition) is 1. The molecule has 1 N–H and O–H groups in total. The molecule has 0 fully saturated rings. The number of nitrogens with zero attached hydrogens (tertiary/aromatic N) is 3. The standard InChI is InChI=1S/C12H13FN4O3/c1-14-6-2-3-11-15-16-12(20-11)9-5-4-8(17(18)19)7-10(9)13/h4-5,7,14H,2-3,6H2,1H3. The van der Waals surface area contributed by atoms with E-state index in [2.05, 4.69) is 15.5 Å². The summed E-state index contributed by atoms with van der Waals surface area (Å²) < 4.78 is 19.1. The van der Waals surface area contributed by atoms with Gasteiger partial charge in [-0.1, -0.05) is 0 Å². The summed E-state index contributed by atoms with van der Waals surface area (Å²) in [6.07, 6.45) is 1.41. The van der Waals surface area contributed by atoms with Crippen LogP contribution >= 0.6 is 0 Å². The smallest absolute Gasteiger partial charge is 0.272 e. The molecule has 1 heterocycles. The molecule has 1 aromatic carbocycles. The lowest BCUT2D eigenvalue weighted by molar-refractivity contribution is -0.385. The van der Waals surface area contributed by atoms with Crippen molar-refractivity contribution in [3.8, 4) is 11.5 Å². The van der Waals surface area contributed by atoms with Crippen LogP contribution < -0.4 is 5.32 Å². The summed E-state index contributed by atoms with van der Waals surface area (Å²) in [4.78, 5) is 9.87. The number of nitro groups is 1. The summed E-state index contributed by atoms with van der Waals surface area (Å²) in [5.41, 5.74) is -0.261. The van der Waals surface area contributed by atoms with Crippen LogP contribution in [0.1, 0.15) is 12.3 Å². The average molecular weight is 280 g/mol. The zero-order valence-electron chi connectivity index (χ0n) is 10.8. The largest absolute Gasteiger partial charge is 0.421 e. The van der Waals surface area contributed by atoms with Gasteiger partial charge >= 0.3 is 0 Å². The lowest BCUT2D eigenvalue weighted by atomic mass is 10.2. The third-order valence-corrected chi connectivity index (χ3v) is 2.68. The van der Waals surface area contributed by atoms with Gasteiger partial charge in [0.15, 0.2) is 0 Å². The zero-order chi connectivity index (χ0) is 14.5. The molecule has 1 aromatic heterocycles. The van der Waals surface area contributed by atoms with Gasteiger partial charge in [0.2, 0.25) is 5.89 Å². The van der Waals surface area contributed by atoms with Crippen LogP contribution in [0, 0.1) is 15.9 Å². The molecule has 20 heavy (non-hydrogen) atoms. The van der Waals surface area contributed by atoms with Gasteiger partial charge in [0.1, 0.15) is 5.82 Å². The van der Waals surface area contributed by atoms with E-state index < -0.39 is 10.7 Å². The fourth-order valence-electron chi connectivity index (χ4n) is 1.67. The lowest BCUT2D eigenvalue weighted by Gasteiger charge is -1.98. The van der Waals surface area contributed by atoms with E-state index in [0.29, 0.717) is 12.3 Å². The first-order chi connectivity index (χ1) is 9.61. The molecule has 2 rings (SSSR count). The molecule has 0 saturated heterocycles. The molecule has 0 aliphatic rings. The van der Waals surface area contributed by atoms with E-state index in [1.165, 1.54) is 12.1 Å². The van der Waals surface area contributed by atoms with Crippen molar-refractivity contribution >= 4 is 5.69 Å².